The van der Waals surface area contributed by atoms with Crippen molar-refractivity contribution in [1.82, 2.24) is 19.7 Å². The van der Waals surface area contributed by atoms with E-state index >= 15 is 0 Å². The molecule has 0 aliphatic carbocycles. The predicted molar refractivity (Wildman–Crippen MR) is 121 cm³/mol. The van der Waals surface area contributed by atoms with Crippen molar-refractivity contribution in [2.24, 2.45) is 12.1 Å². The molecule has 2 heterocycles. The highest BCUT2D eigenvalue weighted by Gasteiger charge is 2.11. The Morgan fingerprint density at radius 2 is 1.87 bits per heavy atom. The first-order valence-electron chi connectivity index (χ1n) is 10.4. The quantitative estimate of drug-likeness (QED) is 0.244. The molecule has 0 saturated heterocycles. The molecule has 0 aliphatic heterocycles. The van der Waals surface area contributed by atoms with E-state index in [0.717, 1.165) is 39.8 Å². The van der Waals surface area contributed by atoms with Crippen LogP contribution in [-0.4, -0.2) is 32.6 Å². The number of hydrogen-bond donors (Lipinski definition) is 1. The summed E-state index contributed by atoms with van der Waals surface area (Å²) in [4.78, 5) is 4.58. The minimum Gasteiger partial charge on any atom is -0.493 e. The number of rotatable bonds is 9. The Balaban J connectivity index is 1.46. The topological polar surface area (TPSA) is 77.2 Å². The van der Waals surface area contributed by atoms with Gasteiger partial charge in [-0.3, -0.25) is 0 Å². The van der Waals surface area contributed by atoms with Crippen molar-refractivity contribution in [2.45, 2.75) is 32.6 Å². The summed E-state index contributed by atoms with van der Waals surface area (Å²) in [6.45, 7) is 2.92. The van der Waals surface area contributed by atoms with E-state index < -0.39 is 0 Å². The van der Waals surface area contributed by atoms with E-state index in [2.05, 4.69) is 32.6 Å². The van der Waals surface area contributed by atoms with Crippen LogP contribution in [0.5, 0.6) is 5.75 Å². The van der Waals surface area contributed by atoms with Crippen LogP contribution >= 0.6 is 0 Å². The molecule has 30 heavy (non-hydrogen) atoms. The Morgan fingerprint density at radius 3 is 2.77 bits per heavy atom. The second-order valence-electron chi connectivity index (χ2n) is 7.20. The van der Waals surface area contributed by atoms with Crippen molar-refractivity contribution in [3.8, 4) is 5.75 Å². The molecule has 0 amide bonds. The van der Waals surface area contributed by atoms with Crippen molar-refractivity contribution < 1.29 is 4.74 Å². The first kappa shape index (κ1) is 19.8. The summed E-state index contributed by atoms with van der Waals surface area (Å²) in [6.07, 6.45) is 6.43. The summed E-state index contributed by atoms with van der Waals surface area (Å²) in [6, 6.07) is 15.9. The maximum absolute atomic E-state index is 5.93. The molecule has 4 aromatic rings. The molecule has 1 N–H and O–H groups in total. The molecule has 0 spiro atoms. The van der Waals surface area contributed by atoms with Crippen molar-refractivity contribution in [3.05, 3.63) is 54.1 Å². The molecule has 0 unspecified atom stereocenters. The third-order valence-corrected chi connectivity index (χ3v) is 5.05. The zero-order valence-electron chi connectivity index (χ0n) is 17.4. The summed E-state index contributed by atoms with van der Waals surface area (Å²) < 4.78 is 7.94. The number of benzene rings is 2. The molecule has 2 aromatic heterocycles. The Morgan fingerprint density at radius 1 is 1.03 bits per heavy atom. The average molecular weight is 403 g/mol. The van der Waals surface area contributed by atoms with E-state index in [0.29, 0.717) is 12.6 Å². The van der Waals surface area contributed by atoms with Crippen LogP contribution in [0.3, 0.4) is 0 Å². The maximum Gasteiger partial charge on any atom is 0.265 e. The fraction of sp³-hybridized carbons (Fsp3) is 0.304. The molecule has 7 heteroatoms. The molecule has 0 radical (unpaired) electrons. The van der Waals surface area contributed by atoms with Gasteiger partial charge in [0, 0.05) is 18.0 Å². The van der Waals surface area contributed by atoms with Gasteiger partial charge in [-0.25, -0.2) is 5.43 Å². The lowest BCUT2D eigenvalue weighted by Gasteiger charge is -2.08. The molecule has 4 rings (SSSR count). The molecule has 154 valence electrons. The lowest BCUT2D eigenvalue weighted by Crippen LogP contribution is -2.02. The molecule has 0 bridgehead atoms. The number of fused-ring (bicyclic) bond motifs is 3. The highest BCUT2D eigenvalue weighted by molar-refractivity contribution is 6.04. The molecule has 2 aromatic carbocycles. The molecule has 0 atom stereocenters. The van der Waals surface area contributed by atoms with Crippen molar-refractivity contribution in [2.75, 3.05) is 12.0 Å². The van der Waals surface area contributed by atoms with E-state index in [1.807, 2.05) is 60.1 Å². The van der Waals surface area contributed by atoms with Crippen LogP contribution in [-0.2, 0) is 7.05 Å². The van der Waals surface area contributed by atoms with Gasteiger partial charge in [0.15, 0.2) is 5.65 Å². The lowest BCUT2D eigenvalue weighted by molar-refractivity contribution is 0.304. The summed E-state index contributed by atoms with van der Waals surface area (Å²) in [5.74, 6) is 1.17. The van der Waals surface area contributed by atoms with Gasteiger partial charge in [0.05, 0.1) is 18.3 Å². The molecule has 0 saturated carbocycles. The van der Waals surface area contributed by atoms with Gasteiger partial charge in [-0.2, -0.15) is 10.1 Å². The minimum atomic E-state index is 0.350. The zero-order chi connectivity index (χ0) is 20.8. The Bertz CT molecular complexity index is 1170. The number of unbranched alkanes of at least 4 members (excludes halogenated alkanes) is 3. The van der Waals surface area contributed by atoms with Crippen molar-refractivity contribution in [3.63, 3.8) is 0 Å². The number of hydrazone groups is 1. The SMILES string of the molecule is CCCCCCOc1ccccc1/C=N\Nc1nnc2c3ccccc3n(C)c2n1. The second-order valence-corrected chi connectivity index (χ2v) is 7.20. The number of anilines is 1. The predicted octanol–water partition coefficient (Wildman–Crippen LogP) is 4.92. The summed E-state index contributed by atoms with van der Waals surface area (Å²) >= 11 is 0. The number of hydrogen-bond acceptors (Lipinski definition) is 6. The molecule has 0 fully saturated rings. The third-order valence-electron chi connectivity index (χ3n) is 5.05. The monoisotopic (exact) mass is 402 g/mol. The van der Waals surface area contributed by atoms with Crippen LogP contribution in [0.2, 0.25) is 0 Å². The highest BCUT2D eigenvalue weighted by Crippen LogP contribution is 2.24. The number of nitrogens with zero attached hydrogens (tertiary/aromatic N) is 5. The number of aromatic nitrogens is 4. The van der Waals surface area contributed by atoms with Gasteiger partial charge in [0.1, 0.15) is 11.3 Å². The van der Waals surface area contributed by atoms with Crippen LogP contribution in [0, 0.1) is 0 Å². The van der Waals surface area contributed by atoms with E-state index in [4.69, 9.17) is 4.74 Å². The van der Waals surface area contributed by atoms with Crippen LogP contribution < -0.4 is 10.2 Å². The molecule has 0 aliphatic rings. The Labute approximate surface area is 175 Å². The van der Waals surface area contributed by atoms with Crippen LogP contribution in [0.15, 0.2) is 53.6 Å². The lowest BCUT2D eigenvalue weighted by atomic mass is 10.2. The Hall–Kier alpha value is -3.48. The van der Waals surface area contributed by atoms with E-state index in [-0.39, 0.29) is 0 Å². The van der Waals surface area contributed by atoms with E-state index in [9.17, 15) is 0 Å². The molecule has 7 nitrogen and oxygen atoms in total. The van der Waals surface area contributed by atoms with Crippen LogP contribution in [0.25, 0.3) is 22.1 Å². The smallest absolute Gasteiger partial charge is 0.265 e. The standard InChI is InChI=1S/C23H26N6O/c1-3-4-5-10-15-30-20-14-9-6-11-17(20)16-24-27-23-25-22-21(26-28-23)18-12-7-8-13-19(18)29(22)2/h6-9,11-14,16H,3-5,10,15H2,1-2H3,(H,25,27,28)/b24-16-. The first-order chi connectivity index (χ1) is 14.8. The van der Waals surface area contributed by atoms with Crippen LogP contribution in [0.4, 0.5) is 5.95 Å². The van der Waals surface area contributed by atoms with E-state index in [1.54, 1.807) is 6.21 Å². The van der Waals surface area contributed by atoms with Crippen LogP contribution in [0.1, 0.15) is 38.2 Å². The van der Waals surface area contributed by atoms with Crippen molar-refractivity contribution in [1.29, 1.82) is 0 Å². The van der Waals surface area contributed by atoms with Gasteiger partial charge >= 0.3 is 0 Å². The molecular formula is C23H26N6O. The maximum atomic E-state index is 5.93. The zero-order valence-corrected chi connectivity index (χ0v) is 17.4. The second kappa shape index (κ2) is 9.35. The van der Waals surface area contributed by atoms with Gasteiger partial charge < -0.3 is 9.30 Å². The summed E-state index contributed by atoms with van der Waals surface area (Å²) in [5.41, 5.74) is 6.40. The van der Waals surface area contributed by atoms with Gasteiger partial charge in [-0.15, -0.1) is 10.2 Å². The largest absolute Gasteiger partial charge is 0.493 e. The van der Waals surface area contributed by atoms with E-state index in [1.165, 1.54) is 19.3 Å². The summed E-state index contributed by atoms with van der Waals surface area (Å²) in [5, 5.41) is 13.8. The number of ether oxygens (including phenoxy) is 1. The fourth-order valence-corrected chi connectivity index (χ4v) is 3.44. The Kier molecular flexibility index (Phi) is 6.17. The van der Waals surface area contributed by atoms with Gasteiger partial charge in [0.25, 0.3) is 5.95 Å². The van der Waals surface area contributed by atoms with Gasteiger partial charge in [0.2, 0.25) is 0 Å². The number of aryl methyl sites for hydroxylation is 1. The van der Waals surface area contributed by atoms with Gasteiger partial charge in [-0.1, -0.05) is 56.5 Å². The van der Waals surface area contributed by atoms with Crippen molar-refractivity contribution >= 4 is 34.2 Å². The summed E-state index contributed by atoms with van der Waals surface area (Å²) in [7, 11) is 1.97. The fourth-order valence-electron chi connectivity index (χ4n) is 3.44. The number of nitrogens with one attached hydrogen (secondary N) is 1. The minimum absolute atomic E-state index is 0.350. The molecular weight excluding hydrogens is 376 g/mol. The van der Waals surface area contributed by atoms with Gasteiger partial charge in [-0.05, 0) is 24.6 Å². The normalized spacial score (nSPS) is 11.5. The first-order valence-corrected chi connectivity index (χ1v) is 10.4. The number of para-hydroxylation sites is 2. The highest BCUT2D eigenvalue weighted by atomic mass is 16.5. The average Bonchev–Trinajstić information content (AvgIpc) is 3.06. The third kappa shape index (κ3) is 4.25.